The summed E-state index contributed by atoms with van der Waals surface area (Å²) >= 11 is 4.49. The molecule has 0 amide bonds. The lowest BCUT2D eigenvalue weighted by Gasteiger charge is -2.10. The topological polar surface area (TPSA) is 41.8 Å². The fourth-order valence-corrected chi connectivity index (χ4v) is 0.982. The highest BCUT2D eigenvalue weighted by Gasteiger charge is 2.07. The minimum atomic E-state index is -0.0444. The van der Waals surface area contributed by atoms with Crippen LogP contribution in [-0.2, 0) is 0 Å². The summed E-state index contributed by atoms with van der Waals surface area (Å²) in [4.78, 5) is 3.81. The summed E-state index contributed by atoms with van der Waals surface area (Å²) in [6.07, 6.45) is 0.396. The summed E-state index contributed by atoms with van der Waals surface area (Å²) in [5.74, 6) is 0.476. The van der Waals surface area contributed by atoms with Crippen LogP contribution in [0, 0.1) is 6.29 Å². The van der Waals surface area contributed by atoms with Crippen LogP contribution in [0.2, 0.25) is 0 Å². The number of para-hydroxylation sites is 2. The molecule has 1 rings (SSSR count). The third-order valence-electron chi connectivity index (χ3n) is 1.56. The Morgan fingerprint density at radius 1 is 1.57 bits per heavy atom. The molecule has 0 heterocycles. The van der Waals surface area contributed by atoms with Gasteiger partial charge in [0.15, 0.2) is 0 Å². The van der Waals surface area contributed by atoms with Crippen molar-refractivity contribution in [2.45, 2.75) is 13.3 Å². The zero-order chi connectivity index (χ0) is 10.4. The van der Waals surface area contributed by atoms with Gasteiger partial charge in [0, 0.05) is 6.42 Å². The van der Waals surface area contributed by atoms with Crippen molar-refractivity contribution in [3.63, 3.8) is 0 Å². The molecule has 0 spiro atoms. The fraction of sp³-hybridized carbons (Fsp3) is 0.200. The normalized spacial score (nSPS) is 9.64. The third kappa shape index (κ3) is 2.92. The van der Waals surface area contributed by atoms with Gasteiger partial charge >= 0.3 is 0 Å². The molecule has 0 aliphatic carbocycles. The van der Waals surface area contributed by atoms with Crippen LogP contribution in [-0.4, -0.2) is 10.3 Å². The molecule has 14 heavy (non-hydrogen) atoms. The van der Waals surface area contributed by atoms with Gasteiger partial charge < -0.3 is 9.84 Å². The molecule has 0 saturated carbocycles. The molecule has 0 atom stereocenters. The van der Waals surface area contributed by atoms with E-state index in [4.69, 9.17) is 4.74 Å². The standard InChI is InChI=1S/C10H10NO2S/c1-2-10(12)13-9-6-4-3-5-8(9)11-7-14/h3-6,12H,2H2,1H3. The molecule has 0 saturated heterocycles. The van der Waals surface area contributed by atoms with Gasteiger partial charge in [0.2, 0.25) is 0 Å². The van der Waals surface area contributed by atoms with Crippen LogP contribution in [0.1, 0.15) is 13.3 Å². The monoisotopic (exact) mass is 208 g/mol. The van der Waals surface area contributed by atoms with Crippen molar-refractivity contribution < 1.29 is 9.84 Å². The second kappa shape index (κ2) is 5.50. The summed E-state index contributed by atoms with van der Waals surface area (Å²) in [5, 5.41) is 11.5. The maximum absolute atomic E-state index is 9.21. The lowest BCUT2D eigenvalue weighted by atomic mass is 10.3. The van der Waals surface area contributed by atoms with E-state index in [1.165, 1.54) is 0 Å². The first kappa shape index (κ1) is 10.9. The van der Waals surface area contributed by atoms with Gasteiger partial charge in [-0.1, -0.05) is 19.1 Å². The number of isothiocyanates is 1. The van der Waals surface area contributed by atoms with E-state index in [-0.39, 0.29) is 6.29 Å². The molecule has 1 aromatic carbocycles. The molecule has 0 unspecified atom stereocenters. The number of benzene rings is 1. The SMILES string of the molecule is CC[C](O)Oc1ccccc1N=C=S. The summed E-state index contributed by atoms with van der Waals surface area (Å²) in [6, 6.07) is 7.04. The van der Waals surface area contributed by atoms with Gasteiger partial charge in [-0.25, -0.2) is 0 Å². The maximum Gasteiger partial charge on any atom is 0.273 e. The highest BCUT2D eigenvalue weighted by molar-refractivity contribution is 7.78. The predicted octanol–water partition coefficient (Wildman–Crippen LogP) is 3.07. The summed E-state index contributed by atoms with van der Waals surface area (Å²) in [6.45, 7) is 1.79. The van der Waals surface area contributed by atoms with E-state index in [1.807, 2.05) is 0 Å². The van der Waals surface area contributed by atoms with Crippen molar-refractivity contribution in [1.82, 2.24) is 0 Å². The third-order valence-corrected chi connectivity index (χ3v) is 1.65. The van der Waals surface area contributed by atoms with Crippen LogP contribution in [0.4, 0.5) is 5.69 Å². The van der Waals surface area contributed by atoms with Gasteiger partial charge in [0.25, 0.3) is 6.29 Å². The Labute approximate surface area is 88.1 Å². The number of ether oxygens (including phenoxy) is 1. The molecule has 0 aromatic heterocycles. The Bertz CT molecular complexity index is 348. The van der Waals surface area contributed by atoms with E-state index in [9.17, 15) is 5.11 Å². The van der Waals surface area contributed by atoms with Crippen molar-refractivity contribution in [1.29, 1.82) is 0 Å². The maximum atomic E-state index is 9.21. The second-order valence-corrected chi connectivity index (χ2v) is 2.70. The van der Waals surface area contributed by atoms with Crippen LogP contribution in [0.3, 0.4) is 0 Å². The molecule has 3 nitrogen and oxygen atoms in total. The molecule has 4 heteroatoms. The van der Waals surface area contributed by atoms with Crippen LogP contribution >= 0.6 is 12.2 Å². The van der Waals surface area contributed by atoms with Crippen molar-refractivity contribution >= 4 is 23.1 Å². The van der Waals surface area contributed by atoms with E-state index in [0.29, 0.717) is 17.9 Å². The number of thiocarbonyl (C=S) groups is 1. The molecule has 0 aliphatic rings. The van der Waals surface area contributed by atoms with E-state index >= 15 is 0 Å². The first-order valence-corrected chi connectivity index (χ1v) is 4.58. The van der Waals surface area contributed by atoms with Crippen molar-refractivity contribution in [3.05, 3.63) is 30.6 Å². The van der Waals surface area contributed by atoms with E-state index in [0.717, 1.165) is 0 Å². The van der Waals surface area contributed by atoms with Crippen molar-refractivity contribution in [2.24, 2.45) is 4.99 Å². The lowest BCUT2D eigenvalue weighted by molar-refractivity contribution is 0.0968. The highest BCUT2D eigenvalue weighted by Crippen LogP contribution is 2.28. The molecule has 1 radical (unpaired) electrons. The molecular formula is C10H10NO2S. The summed E-state index contributed by atoms with van der Waals surface area (Å²) in [7, 11) is 0. The minimum absolute atomic E-state index is 0.0444. The van der Waals surface area contributed by atoms with Gasteiger partial charge in [-0.15, -0.1) is 0 Å². The zero-order valence-electron chi connectivity index (χ0n) is 7.73. The quantitative estimate of drug-likeness (QED) is 0.610. The number of rotatable bonds is 4. The van der Waals surface area contributed by atoms with Crippen LogP contribution in [0.15, 0.2) is 29.3 Å². The predicted molar refractivity (Wildman–Crippen MR) is 57.2 cm³/mol. The average Bonchev–Trinajstić information content (AvgIpc) is 2.21. The lowest BCUT2D eigenvalue weighted by Crippen LogP contribution is -2.03. The van der Waals surface area contributed by atoms with Gasteiger partial charge in [0.05, 0.1) is 5.16 Å². The van der Waals surface area contributed by atoms with Gasteiger partial charge in [-0.3, -0.25) is 0 Å². The molecule has 0 aliphatic heterocycles. The van der Waals surface area contributed by atoms with Gasteiger partial charge in [0.1, 0.15) is 11.4 Å². The van der Waals surface area contributed by atoms with Gasteiger partial charge in [-0.05, 0) is 24.4 Å². The first-order chi connectivity index (χ1) is 6.77. The number of aliphatic imine (C=N–C) groups is 1. The second-order valence-electron chi connectivity index (χ2n) is 2.52. The van der Waals surface area contributed by atoms with Gasteiger partial charge in [-0.2, -0.15) is 4.99 Å². The van der Waals surface area contributed by atoms with Crippen LogP contribution in [0.5, 0.6) is 5.75 Å². The molecule has 1 N–H and O–H groups in total. The summed E-state index contributed by atoms with van der Waals surface area (Å²) in [5.41, 5.74) is 0.558. The molecular weight excluding hydrogens is 198 g/mol. The number of nitrogens with zero attached hydrogens (tertiary/aromatic N) is 1. The molecule has 0 bridgehead atoms. The number of hydrogen-bond acceptors (Lipinski definition) is 4. The van der Waals surface area contributed by atoms with E-state index in [2.05, 4.69) is 22.4 Å². The number of aliphatic hydroxyl groups is 1. The molecule has 1 aromatic rings. The average molecular weight is 208 g/mol. The Morgan fingerprint density at radius 3 is 2.93 bits per heavy atom. The zero-order valence-corrected chi connectivity index (χ0v) is 8.54. The Kier molecular flexibility index (Phi) is 4.26. The Balaban J connectivity index is 2.89. The molecule has 0 fully saturated rings. The Morgan fingerprint density at radius 2 is 2.29 bits per heavy atom. The van der Waals surface area contributed by atoms with E-state index in [1.54, 1.807) is 31.2 Å². The number of aliphatic hydroxyl groups excluding tert-OH is 1. The van der Waals surface area contributed by atoms with Crippen molar-refractivity contribution in [3.8, 4) is 5.75 Å². The highest BCUT2D eigenvalue weighted by atomic mass is 32.1. The fourth-order valence-electron chi connectivity index (χ4n) is 0.884. The first-order valence-electron chi connectivity index (χ1n) is 4.17. The van der Waals surface area contributed by atoms with Crippen LogP contribution < -0.4 is 4.74 Å². The van der Waals surface area contributed by atoms with Crippen molar-refractivity contribution in [2.75, 3.05) is 0 Å². The largest absolute Gasteiger partial charge is 0.453 e. The van der Waals surface area contributed by atoms with Crippen LogP contribution in [0.25, 0.3) is 0 Å². The van der Waals surface area contributed by atoms with E-state index < -0.39 is 0 Å². The number of hydrogen-bond donors (Lipinski definition) is 1. The minimum Gasteiger partial charge on any atom is -0.453 e. The smallest absolute Gasteiger partial charge is 0.273 e. The Hall–Kier alpha value is -1.22. The molecule has 73 valence electrons. The summed E-state index contributed by atoms with van der Waals surface area (Å²) < 4.78 is 5.14.